The summed E-state index contributed by atoms with van der Waals surface area (Å²) < 4.78 is 10.6. The number of methoxy groups -OCH3 is 2. The second-order valence-corrected chi connectivity index (χ2v) is 8.27. The number of benzene rings is 2. The van der Waals surface area contributed by atoms with Gasteiger partial charge in [0.25, 0.3) is 0 Å². The molecule has 32 heavy (non-hydrogen) atoms. The van der Waals surface area contributed by atoms with E-state index < -0.39 is 0 Å². The van der Waals surface area contributed by atoms with Crippen LogP contribution in [-0.2, 0) is 16.0 Å². The predicted molar refractivity (Wildman–Crippen MR) is 125 cm³/mol. The fraction of sp³-hybridized carbons (Fsp3) is 0.440. The number of carbonyl (C=O) groups excluding carboxylic acids is 2. The lowest BCUT2D eigenvalue weighted by atomic mass is 10.1. The average molecular weight is 438 g/mol. The van der Waals surface area contributed by atoms with Gasteiger partial charge in [-0.25, -0.2) is 0 Å². The summed E-state index contributed by atoms with van der Waals surface area (Å²) in [6.45, 7) is 2.26. The van der Waals surface area contributed by atoms with E-state index in [2.05, 4.69) is 16.3 Å². The Morgan fingerprint density at radius 3 is 2.59 bits per heavy atom. The Bertz CT molecular complexity index is 977. The molecule has 1 atom stereocenters. The van der Waals surface area contributed by atoms with E-state index in [1.807, 2.05) is 41.3 Å². The van der Waals surface area contributed by atoms with Crippen LogP contribution in [0.25, 0.3) is 0 Å². The van der Waals surface area contributed by atoms with E-state index in [0.717, 1.165) is 36.3 Å². The van der Waals surface area contributed by atoms with Crippen LogP contribution in [-0.4, -0.2) is 51.7 Å². The maximum absolute atomic E-state index is 13.0. The van der Waals surface area contributed by atoms with Gasteiger partial charge in [0, 0.05) is 38.5 Å². The lowest BCUT2D eigenvalue weighted by molar-refractivity contribution is -0.125. The molecule has 2 aliphatic rings. The van der Waals surface area contributed by atoms with Gasteiger partial charge < -0.3 is 24.6 Å². The van der Waals surface area contributed by atoms with Crippen LogP contribution in [0.5, 0.6) is 11.5 Å². The lowest BCUT2D eigenvalue weighted by Crippen LogP contribution is -2.48. The topological polar surface area (TPSA) is 71.1 Å². The minimum absolute atomic E-state index is 0.0130. The van der Waals surface area contributed by atoms with Gasteiger partial charge in [-0.15, -0.1) is 0 Å². The van der Waals surface area contributed by atoms with Crippen molar-refractivity contribution in [1.29, 1.82) is 0 Å². The number of fused-ring (bicyclic) bond motifs is 3. The number of anilines is 2. The Kier molecular flexibility index (Phi) is 6.83. The van der Waals surface area contributed by atoms with Crippen molar-refractivity contribution in [2.75, 3.05) is 43.7 Å². The first-order valence-corrected chi connectivity index (χ1v) is 11.2. The Balaban J connectivity index is 1.27. The Hall–Kier alpha value is -3.22. The van der Waals surface area contributed by atoms with Gasteiger partial charge in [-0.3, -0.25) is 9.59 Å². The molecule has 170 valence electrons. The zero-order valence-electron chi connectivity index (χ0n) is 18.8. The second kappa shape index (κ2) is 9.94. The molecule has 1 unspecified atom stereocenters. The molecule has 0 saturated carbocycles. The number of nitrogens with zero attached hydrogens (tertiary/aromatic N) is 2. The molecule has 0 aliphatic carbocycles. The van der Waals surface area contributed by atoms with Gasteiger partial charge in [0.05, 0.1) is 25.6 Å². The molecule has 1 fully saturated rings. The molecule has 0 bridgehead atoms. The highest BCUT2D eigenvalue weighted by atomic mass is 16.5. The molecule has 2 amide bonds. The first-order chi connectivity index (χ1) is 15.6. The van der Waals surface area contributed by atoms with Crippen molar-refractivity contribution in [3.8, 4) is 11.5 Å². The van der Waals surface area contributed by atoms with Crippen molar-refractivity contribution in [2.24, 2.45) is 0 Å². The van der Waals surface area contributed by atoms with E-state index in [1.165, 1.54) is 0 Å². The van der Waals surface area contributed by atoms with Crippen LogP contribution in [0.1, 0.15) is 31.2 Å². The normalized spacial score (nSPS) is 16.9. The maximum Gasteiger partial charge on any atom is 0.227 e. The lowest BCUT2D eigenvalue weighted by Gasteiger charge is -2.40. The quantitative estimate of drug-likeness (QED) is 0.687. The van der Waals surface area contributed by atoms with Crippen LogP contribution in [0.15, 0.2) is 42.5 Å². The fourth-order valence-electron chi connectivity index (χ4n) is 4.65. The molecular weight excluding hydrogens is 406 g/mol. The Labute approximate surface area is 189 Å². The summed E-state index contributed by atoms with van der Waals surface area (Å²) in [7, 11) is 3.21. The maximum atomic E-state index is 13.0. The van der Waals surface area contributed by atoms with Gasteiger partial charge in [0.2, 0.25) is 11.8 Å². The van der Waals surface area contributed by atoms with Crippen LogP contribution >= 0.6 is 0 Å². The van der Waals surface area contributed by atoms with E-state index in [-0.39, 0.29) is 24.7 Å². The average Bonchev–Trinajstić information content (AvgIpc) is 3.31. The van der Waals surface area contributed by atoms with Crippen molar-refractivity contribution >= 4 is 23.2 Å². The summed E-state index contributed by atoms with van der Waals surface area (Å²) in [4.78, 5) is 29.6. The zero-order valence-corrected chi connectivity index (χ0v) is 18.8. The summed E-state index contributed by atoms with van der Waals surface area (Å²) in [6, 6.07) is 14.2. The molecule has 2 aromatic rings. The standard InChI is InChI=1S/C25H31N3O4/c1-31-22-10-9-18(16-23(22)32-2)13-14-26-24(29)11-12-25(30)28-17-19-6-5-15-27(19)20-7-3-4-8-21(20)28/h3-4,7-10,16,19H,5-6,11-15,17H2,1-2H3,(H,26,29). The molecule has 1 N–H and O–H groups in total. The number of para-hydroxylation sites is 2. The monoisotopic (exact) mass is 437 g/mol. The molecule has 0 radical (unpaired) electrons. The van der Waals surface area contributed by atoms with E-state index in [4.69, 9.17) is 9.47 Å². The van der Waals surface area contributed by atoms with E-state index in [9.17, 15) is 9.59 Å². The summed E-state index contributed by atoms with van der Waals surface area (Å²) in [5, 5.41) is 2.92. The first-order valence-electron chi connectivity index (χ1n) is 11.2. The van der Waals surface area contributed by atoms with Crippen molar-refractivity contribution in [3.05, 3.63) is 48.0 Å². The highest BCUT2D eigenvalue weighted by Crippen LogP contribution is 2.39. The molecule has 2 aromatic carbocycles. The van der Waals surface area contributed by atoms with Crippen LogP contribution in [0, 0.1) is 0 Å². The summed E-state index contributed by atoms with van der Waals surface area (Å²) in [5.74, 6) is 1.26. The minimum atomic E-state index is -0.105. The van der Waals surface area contributed by atoms with Gasteiger partial charge in [0.1, 0.15) is 0 Å². The van der Waals surface area contributed by atoms with Gasteiger partial charge in [-0.1, -0.05) is 18.2 Å². The van der Waals surface area contributed by atoms with Crippen LogP contribution < -0.4 is 24.6 Å². The van der Waals surface area contributed by atoms with Gasteiger partial charge in [-0.05, 0) is 49.1 Å². The number of hydrogen-bond donors (Lipinski definition) is 1. The summed E-state index contributed by atoms with van der Waals surface area (Å²) >= 11 is 0. The molecule has 0 aromatic heterocycles. The summed E-state index contributed by atoms with van der Waals surface area (Å²) in [5.41, 5.74) is 3.14. The Morgan fingerprint density at radius 2 is 1.81 bits per heavy atom. The van der Waals surface area contributed by atoms with E-state index in [0.29, 0.717) is 37.1 Å². The summed E-state index contributed by atoms with van der Waals surface area (Å²) in [6.07, 6.45) is 3.34. The minimum Gasteiger partial charge on any atom is -0.493 e. The molecule has 4 rings (SSSR count). The largest absolute Gasteiger partial charge is 0.493 e. The van der Waals surface area contributed by atoms with Crippen molar-refractivity contribution < 1.29 is 19.1 Å². The first kappa shape index (κ1) is 22.0. The van der Waals surface area contributed by atoms with Crippen molar-refractivity contribution in [1.82, 2.24) is 5.32 Å². The molecular formula is C25H31N3O4. The van der Waals surface area contributed by atoms with Gasteiger partial charge in [-0.2, -0.15) is 0 Å². The molecule has 2 heterocycles. The molecule has 1 saturated heterocycles. The van der Waals surface area contributed by atoms with Crippen LogP contribution in [0.4, 0.5) is 11.4 Å². The predicted octanol–water partition coefficient (Wildman–Crippen LogP) is 3.16. The number of hydrogen-bond acceptors (Lipinski definition) is 5. The number of rotatable bonds is 8. The van der Waals surface area contributed by atoms with Gasteiger partial charge in [0.15, 0.2) is 11.5 Å². The highest BCUT2D eigenvalue weighted by molar-refractivity contribution is 5.99. The van der Waals surface area contributed by atoms with Crippen LogP contribution in [0.2, 0.25) is 0 Å². The third-order valence-corrected chi connectivity index (χ3v) is 6.30. The van der Waals surface area contributed by atoms with E-state index >= 15 is 0 Å². The molecule has 7 heteroatoms. The zero-order chi connectivity index (χ0) is 22.5. The molecule has 2 aliphatic heterocycles. The van der Waals surface area contributed by atoms with E-state index in [1.54, 1.807) is 14.2 Å². The van der Waals surface area contributed by atoms with Gasteiger partial charge >= 0.3 is 0 Å². The van der Waals surface area contributed by atoms with Crippen LogP contribution in [0.3, 0.4) is 0 Å². The van der Waals surface area contributed by atoms with Crippen molar-refractivity contribution in [3.63, 3.8) is 0 Å². The SMILES string of the molecule is COc1ccc(CCNC(=O)CCC(=O)N2CC3CCCN3c3ccccc32)cc1OC. The third-order valence-electron chi connectivity index (χ3n) is 6.30. The number of ether oxygens (including phenoxy) is 2. The highest BCUT2D eigenvalue weighted by Gasteiger charge is 2.35. The molecule has 0 spiro atoms. The smallest absolute Gasteiger partial charge is 0.227 e. The third kappa shape index (κ3) is 4.66. The number of carbonyl (C=O) groups is 2. The number of amides is 2. The Morgan fingerprint density at radius 1 is 1.03 bits per heavy atom. The fourth-order valence-corrected chi connectivity index (χ4v) is 4.65. The number of nitrogens with one attached hydrogen (secondary N) is 1. The van der Waals surface area contributed by atoms with Crippen molar-refractivity contribution in [2.45, 2.75) is 38.1 Å². The molecule has 7 nitrogen and oxygen atoms in total. The second-order valence-electron chi connectivity index (χ2n) is 8.27.